The summed E-state index contributed by atoms with van der Waals surface area (Å²) < 4.78 is 12.3. The molecule has 3 aromatic rings. The zero-order valence-corrected chi connectivity index (χ0v) is 15.2. The Bertz CT molecular complexity index is 1140. The van der Waals surface area contributed by atoms with Crippen molar-refractivity contribution < 1.29 is 14.3 Å². The summed E-state index contributed by atoms with van der Waals surface area (Å²) in [6.07, 6.45) is 1.51. The Morgan fingerprint density at radius 1 is 1.18 bits per heavy atom. The van der Waals surface area contributed by atoms with Crippen LogP contribution < -0.4 is 20.5 Å². The molecule has 1 aromatic heterocycles. The Labute approximate surface area is 160 Å². The highest BCUT2D eigenvalue weighted by Crippen LogP contribution is 2.30. The molecule has 28 heavy (non-hydrogen) atoms. The van der Waals surface area contributed by atoms with Crippen molar-refractivity contribution in [1.29, 1.82) is 0 Å². The van der Waals surface area contributed by atoms with Gasteiger partial charge in [-0.1, -0.05) is 18.2 Å². The SMILES string of the molecule is CCn1nc(C(=O)N/N=C\c2ccc3c(c2)OCCO3)c2ccccc2c1=O. The predicted octanol–water partition coefficient (Wildman–Crippen LogP) is 1.95. The van der Waals surface area contributed by atoms with Crippen molar-refractivity contribution in [3.63, 3.8) is 0 Å². The topological polar surface area (TPSA) is 94.8 Å². The van der Waals surface area contributed by atoms with Crippen LogP contribution in [-0.2, 0) is 6.54 Å². The highest BCUT2D eigenvalue weighted by Gasteiger charge is 2.16. The molecule has 0 atom stereocenters. The minimum Gasteiger partial charge on any atom is -0.486 e. The molecule has 0 fully saturated rings. The van der Waals surface area contributed by atoms with E-state index in [2.05, 4.69) is 15.6 Å². The maximum Gasteiger partial charge on any atom is 0.292 e. The summed E-state index contributed by atoms with van der Waals surface area (Å²) in [6.45, 7) is 3.18. The third-order valence-electron chi connectivity index (χ3n) is 4.33. The van der Waals surface area contributed by atoms with Gasteiger partial charge in [0.15, 0.2) is 17.2 Å². The van der Waals surface area contributed by atoms with Crippen molar-refractivity contribution in [3.05, 3.63) is 64.1 Å². The Morgan fingerprint density at radius 2 is 1.93 bits per heavy atom. The van der Waals surface area contributed by atoms with Gasteiger partial charge in [-0.2, -0.15) is 10.2 Å². The van der Waals surface area contributed by atoms with Gasteiger partial charge in [0.05, 0.1) is 11.6 Å². The summed E-state index contributed by atoms with van der Waals surface area (Å²) in [7, 11) is 0. The van der Waals surface area contributed by atoms with E-state index in [0.717, 1.165) is 5.56 Å². The van der Waals surface area contributed by atoms with Crippen LogP contribution in [0.25, 0.3) is 10.8 Å². The highest BCUT2D eigenvalue weighted by atomic mass is 16.6. The molecule has 1 aliphatic rings. The lowest BCUT2D eigenvalue weighted by Gasteiger charge is -2.18. The van der Waals surface area contributed by atoms with E-state index >= 15 is 0 Å². The van der Waals surface area contributed by atoms with Gasteiger partial charge in [0, 0.05) is 11.9 Å². The summed E-state index contributed by atoms with van der Waals surface area (Å²) >= 11 is 0. The summed E-state index contributed by atoms with van der Waals surface area (Å²) in [6, 6.07) is 12.3. The molecular weight excluding hydrogens is 360 g/mol. The van der Waals surface area contributed by atoms with E-state index in [1.54, 1.807) is 43.3 Å². The van der Waals surface area contributed by atoms with Crippen molar-refractivity contribution in [2.75, 3.05) is 13.2 Å². The Kier molecular flexibility index (Phi) is 4.76. The first kappa shape index (κ1) is 17.7. The summed E-state index contributed by atoms with van der Waals surface area (Å²) in [5, 5.41) is 9.12. The number of fused-ring (bicyclic) bond motifs is 2. The number of rotatable bonds is 4. The number of ether oxygens (including phenoxy) is 2. The lowest BCUT2D eigenvalue weighted by Crippen LogP contribution is -2.28. The third kappa shape index (κ3) is 3.32. The fourth-order valence-corrected chi connectivity index (χ4v) is 2.98. The lowest BCUT2D eigenvalue weighted by molar-refractivity contribution is 0.0949. The average molecular weight is 378 g/mol. The van der Waals surface area contributed by atoms with Crippen LogP contribution in [-0.4, -0.2) is 35.1 Å². The van der Waals surface area contributed by atoms with E-state index < -0.39 is 5.91 Å². The van der Waals surface area contributed by atoms with Crippen molar-refractivity contribution in [2.24, 2.45) is 5.10 Å². The van der Waals surface area contributed by atoms with Crippen LogP contribution in [0, 0.1) is 0 Å². The second-order valence-electron chi connectivity index (χ2n) is 6.12. The fourth-order valence-electron chi connectivity index (χ4n) is 2.98. The first-order valence-corrected chi connectivity index (χ1v) is 8.90. The standard InChI is InChI=1S/C20H18N4O4/c1-2-24-20(26)15-6-4-3-5-14(15)18(23-24)19(25)22-21-12-13-7-8-16-17(11-13)28-10-9-27-16/h3-8,11-12H,2,9-10H2,1H3,(H,22,25)/b21-12-. The molecule has 2 aromatic carbocycles. The first-order valence-electron chi connectivity index (χ1n) is 8.90. The number of carbonyl (C=O) groups excluding carboxylic acids is 1. The molecule has 142 valence electrons. The molecule has 8 heteroatoms. The molecule has 2 heterocycles. The van der Waals surface area contributed by atoms with Gasteiger partial charge in [-0.15, -0.1) is 0 Å². The number of hydrogen-bond donors (Lipinski definition) is 1. The predicted molar refractivity (Wildman–Crippen MR) is 104 cm³/mol. The van der Waals surface area contributed by atoms with Gasteiger partial charge in [0.2, 0.25) is 0 Å². The Hall–Kier alpha value is -3.68. The smallest absolute Gasteiger partial charge is 0.292 e. The molecule has 0 bridgehead atoms. The number of nitrogens with one attached hydrogen (secondary N) is 1. The summed E-state index contributed by atoms with van der Waals surface area (Å²) in [4.78, 5) is 25.0. The molecule has 1 aliphatic heterocycles. The number of nitrogens with zero attached hydrogens (tertiary/aromatic N) is 3. The Morgan fingerprint density at radius 3 is 2.71 bits per heavy atom. The monoisotopic (exact) mass is 378 g/mol. The molecule has 0 aliphatic carbocycles. The van der Waals surface area contributed by atoms with Crippen LogP contribution in [0.5, 0.6) is 11.5 Å². The Balaban J connectivity index is 1.58. The zero-order chi connectivity index (χ0) is 19.5. The minimum atomic E-state index is -0.493. The molecule has 1 amide bonds. The molecule has 0 radical (unpaired) electrons. The summed E-state index contributed by atoms with van der Waals surface area (Å²) in [5.74, 6) is 0.835. The quantitative estimate of drug-likeness (QED) is 0.553. The maximum atomic E-state index is 12.6. The van der Waals surface area contributed by atoms with Crippen LogP contribution in [0.2, 0.25) is 0 Å². The number of aromatic nitrogens is 2. The molecule has 4 rings (SSSR count). The molecule has 8 nitrogen and oxygen atoms in total. The fraction of sp³-hybridized carbons (Fsp3) is 0.200. The first-order chi connectivity index (χ1) is 13.7. The van der Waals surface area contributed by atoms with Crippen molar-refractivity contribution in [1.82, 2.24) is 15.2 Å². The van der Waals surface area contributed by atoms with Gasteiger partial charge in [-0.3, -0.25) is 9.59 Å². The molecule has 1 N–H and O–H groups in total. The van der Waals surface area contributed by atoms with Crippen LogP contribution in [0.1, 0.15) is 23.0 Å². The molecular formula is C20H18N4O4. The van der Waals surface area contributed by atoms with E-state index in [9.17, 15) is 9.59 Å². The number of benzene rings is 2. The average Bonchev–Trinajstić information content (AvgIpc) is 2.74. The van der Waals surface area contributed by atoms with Crippen LogP contribution >= 0.6 is 0 Å². The number of hydrazone groups is 1. The van der Waals surface area contributed by atoms with Gasteiger partial charge in [-0.05, 0) is 36.8 Å². The molecule has 0 spiro atoms. The summed E-state index contributed by atoms with van der Waals surface area (Å²) in [5.41, 5.74) is 3.14. The van der Waals surface area contributed by atoms with Crippen LogP contribution in [0.4, 0.5) is 0 Å². The number of amides is 1. The largest absolute Gasteiger partial charge is 0.486 e. The van der Waals surface area contributed by atoms with Gasteiger partial charge in [0.25, 0.3) is 11.5 Å². The van der Waals surface area contributed by atoms with Gasteiger partial charge in [0.1, 0.15) is 13.2 Å². The van der Waals surface area contributed by atoms with E-state index in [1.807, 2.05) is 6.07 Å². The molecule has 0 saturated heterocycles. The number of hydrogen-bond acceptors (Lipinski definition) is 6. The van der Waals surface area contributed by atoms with Crippen LogP contribution in [0.15, 0.2) is 52.4 Å². The van der Waals surface area contributed by atoms with E-state index in [1.165, 1.54) is 10.9 Å². The molecule has 0 saturated carbocycles. The van der Waals surface area contributed by atoms with Crippen molar-refractivity contribution >= 4 is 22.9 Å². The third-order valence-corrected chi connectivity index (χ3v) is 4.33. The zero-order valence-electron chi connectivity index (χ0n) is 15.2. The van der Waals surface area contributed by atoms with E-state index in [4.69, 9.17) is 9.47 Å². The van der Waals surface area contributed by atoms with Gasteiger partial charge in [-0.25, -0.2) is 10.1 Å². The highest BCUT2D eigenvalue weighted by molar-refractivity contribution is 6.04. The second kappa shape index (κ2) is 7.51. The molecule has 0 unspecified atom stereocenters. The number of aryl methyl sites for hydroxylation is 1. The van der Waals surface area contributed by atoms with E-state index in [0.29, 0.717) is 42.0 Å². The van der Waals surface area contributed by atoms with Gasteiger partial charge >= 0.3 is 0 Å². The van der Waals surface area contributed by atoms with Crippen molar-refractivity contribution in [2.45, 2.75) is 13.5 Å². The van der Waals surface area contributed by atoms with Crippen molar-refractivity contribution in [3.8, 4) is 11.5 Å². The van der Waals surface area contributed by atoms with Crippen LogP contribution in [0.3, 0.4) is 0 Å². The van der Waals surface area contributed by atoms with Gasteiger partial charge < -0.3 is 9.47 Å². The lowest BCUT2D eigenvalue weighted by atomic mass is 10.1. The van der Waals surface area contributed by atoms with E-state index in [-0.39, 0.29) is 11.3 Å². The second-order valence-corrected chi connectivity index (χ2v) is 6.12. The normalized spacial score (nSPS) is 13.0. The maximum absolute atomic E-state index is 12.6. The minimum absolute atomic E-state index is 0.149. The number of carbonyl (C=O) groups is 1.